The minimum absolute atomic E-state index is 0.198. The highest BCUT2D eigenvalue weighted by molar-refractivity contribution is 5.89. The van der Waals surface area contributed by atoms with E-state index in [0.717, 1.165) is 40.3 Å². The third-order valence-corrected chi connectivity index (χ3v) is 3.62. The Balaban J connectivity index is 1.49. The fourth-order valence-electron chi connectivity index (χ4n) is 2.64. The van der Waals surface area contributed by atoms with Crippen LogP contribution in [0.5, 0.6) is 11.5 Å². The lowest BCUT2D eigenvalue weighted by Gasteiger charge is -2.09. The van der Waals surface area contributed by atoms with E-state index in [1.54, 1.807) is 0 Å². The van der Waals surface area contributed by atoms with Crippen molar-refractivity contribution < 1.29 is 14.3 Å². The molecule has 3 rings (SSSR count). The van der Waals surface area contributed by atoms with Gasteiger partial charge in [-0.05, 0) is 61.2 Å². The second-order valence-electron chi connectivity index (χ2n) is 5.69. The number of hydrogen-bond acceptors (Lipinski definition) is 3. The molecule has 120 valence electrons. The first-order valence-electron chi connectivity index (χ1n) is 7.62. The normalized spacial score (nSPS) is 12.1. The summed E-state index contributed by atoms with van der Waals surface area (Å²) in [6, 6.07) is 11.6. The summed E-state index contributed by atoms with van der Waals surface area (Å²) < 4.78 is 10.6. The van der Waals surface area contributed by atoms with Crippen molar-refractivity contribution in [3.63, 3.8) is 0 Å². The van der Waals surface area contributed by atoms with Crippen LogP contribution in [0, 0.1) is 13.8 Å². The van der Waals surface area contributed by atoms with Crippen LogP contribution in [0.25, 0.3) is 0 Å². The SMILES string of the molecule is Cc1cc(C)cc(NC(=O)NCCc2ccc3c(c2)OCO3)c1. The second kappa shape index (κ2) is 6.60. The van der Waals surface area contributed by atoms with E-state index < -0.39 is 0 Å². The van der Waals surface area contributed by atoms with Crippen molar-refractivity contribution in [2.45, 2.75) is 20.3 Å². The van der Waals surface area contributed by atoms with Gasteiger partial charge in [0.05, 0.1) is 0 Å². The summed E-state index contributed by atoms with van der Waals surface area (Å²) >= 11 is 0. The minimum Gasteiger partial charge on any atom is -0.454 e. The molecule has 2 aromatic rings. The lowest BCUT2D eigenvalue weighted by atomic mass is 10.1. The van der Waals surface area contributed by atoms with Crippen LogP contribution in [0.1, 0.15) is 16.7 Å². The molecule has 2 N–H and O–H groups in total. The fraction of sp³-hybridized carbons (Fsp3) is 0.278. The van der Waals surface area contributed by atoms with Crippen molar-refractivity contribution in [3.8, 4) is 11.5 Å². The number of rotatable bonds is 4. The number of amides is 2. The summed E-state index contributed by atoms with van der Waals surface area (Å²) in [6.07, 6.45) is 0.733. The highest BCUT2D eigenvalue weighted by Crippen LogP contribution is 2.32. The number of carbonyl (C=O) groups is 1. The van der Waals surface area contributed by atoms with E-state index in [0.29, 0.717) is 6.54 Å². The summed E-state index contributed by atoms with van der Waals surface area (Å²) in [4.78, 5) is 11.9. The van der Waals surface area contributed by atoms with Crippen LogP contribution in [0.15, 0.2) is 36.4 Å². The number of nitrogens with one attached hydrogen (secondary N) is 2. The smallest absolute Gasteiger partial charge is 0.319 e. The fourth-order valence-corrected chi connectivity index (χ4v) is 2.64. The Hall–Kier alpha value is -2.69. The molecule has 0 bridgehead atoms. The zero-order valence-electron chi connectivity index (χ0n) is 13.3. The molecule has 1 aliphatic rings. The van der Waals surface area contributed by atoms with Gasteiger partial charge in [0.25, 0.3) is 0 Å². The molecule has 0 aliphatic carbocycles. The number of urea groups is 1. The Labute approximate surface area is 135 Å². The summed E-state index contributed by atoms with van der Waals surface area (Å²) in [5.41, 5.74) is 4.16. The third-order valence-electron chi connectivity index (χ3n) is 3.62. The van der Waals surface area contributed by atoms with Crippen LogP contribution in [0.3, 0.4) is 0 Å². The molecule has 2 amide bonds. The van der Waals surface area contributed by atoms with Crippen molar-refractivity contribution in [1.82, 2.24) is 5.32 Å². The maximum Gasteiger partial charge on any atom is 0.319 e. The first kappa shape index (κ1) is 15.2. The van der Waals surface area contributed by atoms with Crippen LogP contribution < -0.4 is 20.1 Å². The maximum absolute atomic E-state index is 11.9. The molecule has 0 radical (unpaired) electrons. The lowest BCUT2D eigenvalue weighted by Crippen LogP contribution is -2.30. The molecule has 2 aromatic carbocycles. The van der Waals surface area contributed by atoms with E-state index in [1.165, 1.54) is 0 Å². The molecule has 0 fully saturated rings. The van der Waals surface area contributed by atoms with E-state index in [1.807, 2.05) is 44.2 Å². The Kier molecular flexibility index (Phi) is 4.37. The van der Waals surface area contributed by atoms with Gasteiger partial charge in [0.15, 0.2) is 11.5 Å². The van der Waals surface area contributed by atoms with E-state index in [2.05, 4.69) is 16.7 Å². The molecule has 0 aromatic heterocycles. The Bertz CT molecular complexity index is 708. The van der Waals surface area contributed by atoms with Crippen LogP contribution in [-0.2, 0) is 6.42 Å². The van der Waals surface area contributed by atoms with Crippen molar-refractivity contribution in [2.24, 2.45) is 0 Å². The summed E-state index contributed by atoms with van der Waals surface area (Å²) in [5, 5.41) is 5.72. The van der Waals surface area contributed by atoms with Crippen molar-refractivity contribution in [1.29, 1.82) is 0 Å². The molecule has 1 heterocycles. The average Bonchev–Trinajstić information content (AvgIpc) is 2.93. The van der Waals surface area contributed by atoms with Gasteiger partial charge in [0, 0.05) is 12.2 Å². The molecule has 0 saturated heterocycles. The number of hydrogen-bond donors (Lipinski definition) is 2. The molecule has 0 saturated carbocycles. The van der Waals surface area contributed by atoms with Crippen LogP contribution in [-0.4, -0.2) is 19.4 Å². The zero-order valence-corrected chi connectivity index (χ0v) is 13.3. The van der Waals surface area contributed by atoms with Crippen LogP contribution in [0.2, 0.25) is 0 Å². The molecular formula is C18H20N2O3. The number of anilines is 1. The van der Waals surface area contributed by atoms with E-state index in [4.69, 9.17) is 9.47 Å². The van der Waals surface area contributed by atoms with Gasteiger partial charge in [-0.25, -0.2) is 4.79 Å². The Morgan fingerprint density at radius 1 is 1.04 bits per heavy atom. The van der Waals surface area contributed by atoms with Gasteiger partial charge in [-0.2, -0.15) is 0 Å². The predicted octanol–water partition coefficient (Wildman–Crippen LogP) is 3.40. The topological polar surface area (TPSA) is 59.6 Å². The molecule has 1 aliphatic heterocycles. The molecular weight excluding hydrogens is 292 g/mol. The number of carbonyl (C=O) groups excluding carboxylic acids is 1. The van der Waals surface area contributed by atoms with Gasteiger partial charge >= 0.3 is 6.03 Å². The highest BCUT2D eigenvalue weighted by atomic mass is 16.7. The number of fused-ring (bicyclic) bond motifs is 1. The maximum atomic E-state index is 11.9. The monoisotopic (exact) mass is 312 g/mol. The van der Waals surface area contributed by atoms with E-state index >= 15 is 0 Å². The Morgan fingerprint density at radius 2 is 1.78 bits per heavy atom. The molecule has 0 atom stereocenters. The standard InChI is InChI=1S/C18H20N2O3/c1-12-7-13(2)9-15(8-12)20-18(21)19-6-5-14-3-4-16-17(10-14)23-11-22-16/h3-4,7-10H,5-6,11H2,1-2H3,(H2,19,20,21). The van der Waals surface area contributed by atoms with Gasteiger partial charge in [0.2, 0.25) is 6.79 Å². The second-order valence-corrected chi connectivity index (χ2v) is 5.69. The largest absolute Gasteiger partial charge is 0.454 e. The van der Waals surface area contributed by atoms with Crippen LogP contribution >= 0.6 is 0 Å². The summed E-state index contributed by atoms with van der Waals surface area (Å²) in [6.45, 7) is 4.84. The Morgan fingerprint density at radius 3 is 2.57 bits per heavy atom. The molecule has 0 unspecified atom stereocenters. The molecule has 0 spiro atoms. The van der Waals surface area contributed by atoms with Gasteiger partial charge in [-0.1, -0.05) is 12.1 Å². The zero-order chi connectivity index (χ0) is 16.2. The first-order chi connectivity index (χ1) is 11.1. The molecule has 5 heteroatoms. The molecule has 5 nitrogen and oxygen atoms in total. The van der Waals surface area contributed by atoms with Gasteiger partial charge < -0.3 is 20.1 Å². The van der Waals surface area contributed by atoms with Gasteiger partial charge in [-0.15, -0.1) is 0 Å². The number of aryl methyl sites for hydroxylation is 2. The summed E-state index contributed by atoms with van der Waals surface area (Å²) in [5.74, 6) is 1.54. The molecule has 23 heavy (non-hydrogen) atoms. The third kappa shape index (κ3) is 3.94. The van der Waals surface area contributed by atoms with Crippen LogP contribution in [0.4, 0.5) is 10.5 Å². The van der Waals surface area contributed by atoms with Gasteiger partial charge in [-0.3, -0.25) is 0 Å². The van der Waals surface area contributed by atoms with E-state index in [-0.39, 0.29) is 12.8 Å². The van der Waals surface area contributed by atoms with Gasteiger partial charge in [0.1, 0.15) is 0 Å². The number of ether oxygens (including phenoxy) is 2. The summed E-state index contributed by atoms with van der Waals surface area (Å²) in [7, 11) is 0. The highest BCUT2D eigenvalue weighted by Gasteiger charge is 2.13. The average molecular weight is 312 g/mol. The number of benzene rings is 2. The quantitative estimate of drug-likeness (QED) is 0.909. The predicted molar refractivity (Wildman–Crippen MR) is 89.2 cm³/mol. The lowest BCUT2D eigenvalue weighted by molar-refractivity contribution is 0.174. The minimum atomic E-state index is -0.198. The van der Waals surface area contributed by atoms with Crippen molar-refractivity contribution in [2.75, 3.05) is 18.7 Å². The van der Waals surface area contributed by atoms with Crippen molar-refractivity contribution >= 4 is 11.7 Å². The van der Waals surface area contributed by atoms with E-state index in [9.17, 15) is 4.79 Å². The van der Waals surface area contributed by atoms with Crippen molar-refractivity contribution in [3.05, 3.63) is 53.1 Å². The first-order valence-corrected chi connectivity index (χ1v) is 7.62.